The summed E-state index contributed by atoms with van der Waals surface area (Å²) in [5, 5.41) is 0. The van der Waals surface area contributed by atoms with Crippen LogP contribution in [0.15, 0.2) is 41.3 Å². The minimum absolute atomic E-state index is 0.0409. The zero-order chi connectivity index (χ0) is 21.6. The number of hydrogen-bond donors (Lipinski definition) is 1. The first-order valence-corrected chi connectivity index (χ1v) is 10.6. The normalized spacial score (nSPS) is 12.6. The third kappa shape index (κ3) is 5.75. The van der Waals surface area contributed by atoms with Gasteiger partial charge in [-0.15, -0.1) is 0 Å². The van der Waals surface area contributed by atoms with Crippen LogP contribution in [0, 0.1) is 13.8 Å². The van der Waals surface area contributed by atoms with E-state index in [-0.39, 0.29) is 10.7 Å². The molecule has 0 radical (unpaired) electrons. The van der Waals surface area contributed by atoms with Crippen molar-refractivity contribution in [3.8, 4) is 0 Å². The number of rotatable bonds is 10. The molecule has 0 amide bonds. The van der Waals surface area contributed by atoms with E-state index in [2.05, 4.69) is 4.72 Å². The molecule has 1 aromatic heterocycles. The van der Waals surface area contributed by atoms with Gasteiger partial charge in [-0.3, -0.25) is 9.59 Å². The van der Waals surface area contributed by atoms with E-state index in [4.69, 9.17) is 9.47 Å². The maximum absolute atomic E-state index is 12.5. The number of Topliss-reactive ketones (excluding diaryl/α,β-unsaturated/α-hetero) is 1. The lowest BCUT2D eigenvalue weighted by atomic mass is 10.1. The first kappa shape index (κ1) is 22.8. The summed E-state index contributed by atoms with van der Waals surface area (Å²) in [4.78, 5) is 24.7. The fraction of sp³-hybridized carbons (Fsp3) is 0.400. The maximum atomic E-state index is 12.5. The Hall–Kier alpha value is -2.49. The molecule has 8 nitrogen and oxygen atoms in total. The number of aromatic nitrogens is 1. The molecule has 158 valence electrons. The molecule has 0 unspecified atom stereocenters. The van der Waals surface area contributed by atoms with Crippen molar-refractivity contribution in [2.24, 2.45) is 0 Å². The van der Waals surface area contributed by atoms with Crippen LogP contribution in [0.1, 0.15) is 28.7 Å². The largest absolute Gasteiger partial charge is 0.456 e. The van der Waals surface area contributed by atoms with E-state index in [0.717, 1.165) is 11.4 Å². The molecule has 0 spiro atoms. The van der Waals surface area contributed by atoms with Crippen molar-refractivity contribution in [1.82, 2.24) is 9.29 Å². The van der Waals surface area contributed by atoms with Gasteiger partial charge in [0, 0.05) is 30.6 Å². The van der Waals surface area contributed by atoms with E-state index < -0.39 is 28.6 Å². The number of ether oxygens (including phenoxy) is 2. The average Bonchev–Trinajstić information content (AvgIpc) is 2.98. The fourth-order valence-electron chi connectivity index (χ4n) is 2.90. The molecule has 9 heteroatoms. The summed E-state index contributed by atoms with van der Waals surface area (Å²) in [6, 6.07) is 8.30. The Kier molecular flexibility index (Phi) is 7.72. The summed E-state index contributed by atoms with van der Waals surface area (Å²) in [6.07, 6.45) is 0. The number of hydrogen-bond acceptors (Lipinski definition) is 6. The molecule has 0 bridgehead atoms. The smallest absolute Gasteiger partial charge is 0.324 e. The van der Waals surface area contributed by atoms with E-state index in [1.165, 1.54) is 19.1 Å². The molecule has 2 rings (SSSR count). The molecule has 2 aromatic rings. The number of nitrogens with one attached hydrogen (secondary N) is 1. The standard InChI is InChI=1S/C20H26N2O6S/c1-14-12-18(16(3)22(14)10-11-27-4)19(23)13-28-20(24)15(2)21-29(25,26)17-8-6-5-7-9-17/h5-9,12,15,21H,10-11,13H2,1-4H3/t15-/m0/s1. The van der Waals surface area contributed by atoms with Gasteiger partial charge in [0.15, 0.2) is 6.61 Å². The lowest BCUT2D eigenvalue weighted by molar-refractivity contribution is -0.144. The zero-order valence-corrected chi connectivity index (χ0v) is 17.8. The summed E-state index contributed by atoms with van der Waals surface area (Å²) in [7, 11) is -2.26. The Morgan fingerprint density at radius 2 is 1.83 bits per heavy atom. The van der Waals surface area contributed by atoms with Crippen molar-refractivity contribution in [3.63, 3.8) is 0 Å². The van der Waals surface area contributed by atoms with Crippen LogP contribution in [-0.4, -0.2) is 51.1 Å². The minimum Gasteiger partial charge on any atom is -0.456 e. The van der Waals surface area contributed by atoms with Crippen LogP contribution in [0.3, 0.4) is 0 Å². The Balaban J connectivity index is 1.97. The molecule has 0 aliphatic carbocycles. The Bertz CT molecular complexity index is 966. The third-order valence-electron chi connectivity index (χ3n) is 4.48. The highest BCUT2D eigenvalue weighted by atomic mass is 32.2. The van der Waals surface area contributed by atoms with Crippen LogP contribution in [0.5, 0.6) is 0 Å². The van der Waals surface area contributed by atoms with Gasteiger partial charge in [0.1, 0.15) is 6.04 Å². The Morgan fingerprint density at radius 3 is 2.45 bits per heavy atom. The topological polar surface area (TPSA) is 104 Å². The second-order valence-corrected chi connectivity index (χ2v) is 8.33. The maximum Gasteiger partial charge on any atom is 0.324 e. The first-order chi connectivity index (χ1) is 13.7. The second-order valence-electron chi connectivity index (χ2n) is 6.62. The lowest BCUT2D eigenvalue weighted by Crippen LogP contribution is -2.40. The van der Waals surface area contributed by atoms with Crippen molar-refractivity contribution in [1.29, 1.82) is 0 Å². The molecule has 29 heavy (non-hydrogen) atoms. The predicted octanol–water partition coefficient (Wildman–Crippen LogP) is 1.84. The third-order valence-corrected chi connectivity index (χ3v) is 6.03. The summed E-state index contributed by atoms with van der Waals surface area (Å²) < 4.78 is 38.9. The van der Waals surface area contributed by atoms with Crippen molar-refractivity contribution in [2.75, 3.05) is 20.3 Å². The summed E-state index contributed by atoms with van der Waals surface area (Å²) in [5.74, 6) is -1.18. The quantitative estimate of drug-likeness (QED) is 0.463. The minimum atomic E-state index is -3.86. The number of aryl methyl sites for hydroxylation is 1. The van der Waals surface area contributed by atoms with Crippen LogP contribution in [0.2, 0.25) is 0 Å². The molecule has 1 N–H and O–H groups in total. The van der Waals surface area contributed by atoms with Gasteiger partial charge in [0.05, 0.1) is 11.5 Å². The van der Waals surface area contributed by atoms with Gasteiger partial charge >= 0.3 is 5.97 Å². The van der Waals surface area contributed by atoms with Gasteiger partial charge in [-0.2, -0.15) is 4.72 Å². The summed E-state index contributed by atoms with van der Waals surface area (Å²) >= 11 is 0. The van der Waals surface area contributed by atoms with Gasteiger partial charge in [0.2, 0.25) is 15.8 Å². The van der Waals surface area contributed by atoms with Crippen LogP contribution in [0.4, 0.5) is 0 Å². The van der Waals surface area contributed by atoms with Crippen molar-refractivity contribution >= 4 is 21.8 Å². The van der Waals surface area contributed by atoms with Crippen molar-refractivity contribution in [2.45, 2.75) is 38.3 Å². The molecular formula is C20H26N2O6S. The van der Waals surface area contributed by atoms with Gasteiger partial charge in [-0.25, -0.2) is 8.42 Å². The van der Waals surface area contributed by atoms with E-state index in [1.54, 1.807) is 31.4 Å². The number of methoxy groups -OCH3 is 1. The van der Waals surface area contributed by atoms with Gasteiger partial charge in [-0.05, 0) is 39.0 Å². The molecule has 1 heterocycles. The first-order valence-electron chi connectivity index (χ1n) is 9.10. The van der Waals surface area contributed by atoms with Gasteiger partial charge in [0.25, 0.3) is 0 Å². The molecule has 0 fully saturated rings. The van der Waals surface area contributed by atoms with Gasteiger partial charge < -0.3 is 14.0 Å². The molecule has 0 aliphatic heterocycles. The molecule has 1 aromatic carbocycles. The second kappa shape index (κ2) is 9.82. The van der Waals surface area contributed by atoms with Crippen LogP contribution in [0.25, 0.3) is 0 Å². The average molecular weight is 423 g/mol. The SMILES string of the molecule is COCCn1c(C)cc(C(=O)COC(=O)[C@H](C)NS(=O)(=O)c2ccccc2)c1C. The number of ketones is 1. The molecule has 0 saturated heterocycles. The Labute approximate surface area is 170 Å². The number of nitrogens with zero attached hydrogens (tertiary/aromatic N) is 1. The van der Waals surface area contributed by atoms with Crippen molar-refractivity contribution < 1.29 is 27.5 Å². The summed E-state index contributed by atoms with van der Waals surface area (Å²) in [5.41, 5.74) is 2.13. The van der Waals surface area contributed by atoms with Crippen LogP contribution < -0.4 is 4.72 Å². The number of carbonyl (C=O) groups excluding carboxylic acids is 2. The van der Waals surface area contributed by atoms with E-state index in [1.807, 2.05) is 18.4 Å². The van der Waals surface area contributed by atoms with E-state index in [0.29, 0.717) is 18.7 Å². The number of benzene rings is 1. The number of carbonyl (C=O) groups is 2. The Morgan fingerprint density at radius 1 is 1.17 bits per heavy atom. The number of esters is 1. The lowest BCUT2D eigenvalue weighted by Gasteiger charge is -2.13. The molecular weight excluding hydrogens is 396 g/mol. The van der Waals surface area contributed by atoms with Gasteiger partial charge in [-0.1, -0.05) is 18.2 Å². The molecule has 1 atom stereocenters. The van der Waals surface area contributed by atoms with E-state index >= 15 is 0 Å². The highest BCUT2D eigenvalue weighted by molar-refractivity contribution is 7.89. The predicted molar refractivity (Wildman–Crippen MR) is 107 cm³/mol. The van der Waals surface area contributed by atoms with E-state index in [9.17, 15) is 18.0 Å². The molecule has 0 saturated carbocycles. The molecule has 0 aliphatic rings. The highest BCUT2D eigenvalue weighted by Crippen LogP contribution is 2.16. The fourth-order valence-corrected chi connectivity index (χ4v) is 4.11. The van der Waals surface area contributed by atoms with Crippen LogP contribution >= 0.6 is 0 Å². The monoisotopic (exact) mass is 422 g/mol. The summed E-state index contributed by atoms with van der Waals surface area (Å²) in [6.45, 7) is 5.71. The zero-order valence-electron chi connectivity index (χ0n) is 17.0. The highest BCUT2D eigenvalue weighted by Gasteiger charge is 2.24. The number of sulfonamides is 1. The van der Waals surface area contributed by atoms with Crippen LogP contribution in [-0.2, 0) is 30.8 Å². The van der Waals surface area contributed by atoms with Crippen molar-refractivity contribution in [3.05, 3.63) is 53.3 Å².